The van der Waals surface area contributed by atoms with Crippen molar-refractivity contribution in [3.63, 3.8) is 0 Å². The second-order valence-corrected chi connectivity index (χ2v) is 4.86. The van der Waals surface area contributed by atoms with Gasteiger partial charge < -0.3 is 15.7 Å². The van der Waals surface area contributed by atoms with E-state index < -0.39 is 0 Å². The molecule has 20 heavy (non-hydrogen) atoms. The zero-order valence-electron chi connectivity index (χ0n) is 10.5. The lowest BCUT2D eigenvalue weighted by Gasteiger charge is -2.04. The van der Waals surface area contributed by atoms with Gasteiger partial charge in [-0.05, 0) is 29.8 Å². The molecule has 2 amide bonds. The number of anilines is 1. The van der Waals surface area contributed by atoms with Crippen molar-refractivity contribution in [3.8, 4) is 5.75 Å². The Hall–Kier alpha value is -2.27. The van der Waals surface area contributed by atoms with Crippen LogP contribution in [0, 0.1) is 0 Å². The fourth-order valence-electron chi connectivity index (χ4n) is 1.57. The molecule has 0 bridgehead atoms. The largest absolute Gasteiger partial charge is 0.508 e. The van der Waals surface area contributed by atoms with Crippen LogP contribution < -0.4 is 10.6 Å². The smallest absolute Gasteiger partial charge is 0.323 e. The fraction of sp³-hybridized carbons (Fsp3) is 0. The number of carbonyl (C=O) groups excluding carboxylic acids is 1. The molecule has 0 aliphatic carbocycles. The lowest BCUT2D eigenvalue weighted by molar-refractivity contribution is 0.255. The Morgan fingerprint density at radius 2 is 1.95 bits per heavy atom. The molecule has 0 saturated carbocycles. The van der Waals surface area contributed by atoms with Gasteiger partial charge in [-0.2, -0.15) is 0 Å². The number of amides is 2. The lowest BCUT2D eigenvalue weighted by atomic mass is 10.2. The van der Waals surface area contributed by atoms with Gasteiger partial charge in [0.1, 0.15) is 5.75 Å². The van der Waals surface area contributed by atoms with E-state index in [1.54, 1.807) is 24.4 Å². The van der Waals surface area contributed by atoms with E-state index in [1.807, 2.05) is 24.3 Å². The van der Waals surface area contributed by atoms with Crippen LogP contribution in [0.1, 0.15) is 5.56 Å². The Bertz CT molecular complexity index is 641. The van der Waals surface area contributed by atoms with Crippen molar-refractivity contribution in [2.75, 3.05) is 5.32 Å². The van der Waals surface area contributed by atoms with E-state index in [2.05, 4.69) is 26.6 Å². The summed E-state index contributed by atoms with van der Waals surface area (Å²) in [6, 6.07) is 13.7. The van der Waals surface area contributed by atoms with Gasteiger partial charge in [0.2, 0.25) is 0 Å². The summed E-state index contributed by atoms with van der Waals surface area (Å²) in [5, 5.41) is 14.5. The molecule has 2 aromatic carbocycles. The second-order valence-electron chi connectivity index (χ2n) is 4.00. The third-order valence-electron chi connectivity index (χ3n) is 2.49. The summed E-state index contributed by atoms with van der Waals surface area (Å²) in [6.45, 7) is 0. The number of phenols is 1. The van der Waals surface area contributed by atoms with Gasteiger partial charge in [-0.3, -0.25) is 0 Å². The molecule has 0 aliphatic heterocycles. The van der Waals surface area contributed by atoms with Gasteiger partial charge in [-0.25, -0.2) is 4.79 Å². The van der Waals surface area contributed by atoms with Crippen LogP contribution in [0.3, 0.4) is 0 Å². The van der Waals surface area contributed by atoms with Gasteiger partial charge in [0.05, 0.1) is 0 Å². The first-order valence-electron chi connectivity index (χ1n) is 5.93. The molecule has 2 aromatic rings. The highest BCUT2D eigenvalue weighted by molar-refractivity contribution is 9.10. The fourth-order valence-corrected chi connectivity index (χ4v) is 1.99. The molecule has 0 saturated heterocycles. The summed E-state index contributed by atoms with van der Waals surface area (Å²) in [5.41, 5.74) is 1.49. The molecule has 0 heterocycles. The molecule has 4 nitrogen and oxygen atoms in total. The highest BCUT2D eigenvalue weighted by atomic mass is 79.9. The topological polar surface area (TPSA) is 61.4 Å². The summed E-state index contributed by atoms with van der Waals surface area (Å²) in [4.78, 5) is 11.6. The van der Waals surface area contributed by atoms with E-state index in [4.69, 9.17) is 0 Å². The predicted octanol–water partition coefficient (Wildman–Crippen LogP) is 3.95. The highest BCUT2D eigenvalue weighted by Crippen LogP contribution is 2.17. The van der Waals surface area contributed by atoms with Crippen LogP contribution in [-0.4, -0.2) is 11.1 Å². The van der Waals surface area contributed by atoms with Crippen LogP contribution in [-0.2, 0) is 0 Å². The number of hydrogen-bond donors (Lipinski definition) is 3. The number of halogens is 1. The molecule has 0 atom stereocenters. The maximum absolute atomic E-state index is 11.6. The highest BCUT2D eigenvalue weighted by Gasteiger charge is 1.99. The van der Waals surface area contributed by atoms with Crippen LogP contribution >= 0.6 is 15.9 Å². The quantitative estimate of drug-likeness (QED) is 0.796. The van der Waals surface area contributed by atoms with Crippen LogP contribution in [0.5, 0.6) is 5.75 Å². The van der Waals surface area contributed by atoms with Gasteiger partial charge in [0.15, 0.2) is 0 Å². The van der Waals surface area contributed by atoms with Gasteiger partial charge in [0, 0.05) is 22.4 Å². The number of urea groups is 1. The van der Waals surface area contributed by atoms with Crippen LogP contribution in [0.25, 0.3) is 6.08 Å². The van der Waals surface area contributed by atoms with E-state index in [9.17, 15) is 9.90 Å². The number of nitrogens with one attached hydrogen (secondary N) is 2. The third-order valence-corrected chi connectivity index (χ3v) is 3.21. The van der Waals surface area contributed by atoms with E-state index in [0.717, 1.165) is 10.0 Å². The van der Waals surface area contributed by atoms with Crippen molar-refractivity contribution in [2.45, 2.75) is 0 Å². The number of phenolic OH excluding ortho intramolecular Hbond substituents is 1. The van der Waals surface area contributed by atoms with Crippen molar-refractivity contribution in [1.82, 2.24) is 5.32 Å². The molecule has 0 radical (unpaired) electrons. The van der Waals surface area contributed by atoms with Crippen molar-refractivity contribution in [1.29, 1.82) is 0 Å². The van der Waals surface area contributed by atoms with Crippen molar-refractivity contribution in [3.05, 3.63) is 64.8 Å². The van der Waals surface area contributed by atoms with Crippen LogP contribution in [0.4, 0.5) is 10.5 Å². The van der Waals surface area contributed by atoms with Crippen LogP contribution in [0.2, 0.25) is 0 Å². The second kappa shape index (κ2) is 6.77. The first kappa shape index (κ1) is 14.1. The zero-order chi connectivity index (χ0) is 14.4. The number of carbonyl (C=O) groups is 1. The molecule has 0 aliphatic rings. The Labute approximate surface area is 125 Å². The molecule has 2 rings (SSSR count). The van der Waals surface area contributed by atoms with Gasteiger partial charge in [-0.15, -0.1) is 0 Å². The molecule has 3 N–H and O–H groups in total. The normalized spacial score (nSPS) is 10.4. The molecule has 0 unspecified atom stereocenters. The van der Waals surface area contributed by atoms with Crippen LogP contribution in [0.15, 0.2) is 59.2 Å². The molecule has 0 fully saturated rings. The van der Waals surface area contributed by atoms with E-state index in [1.165, 1.54) is 12.1 Å². The number of rotatable bonds is 3. The Morgan fingerprint density at radius 1 is 1.15 bits per heavy atom. The predicted molar refractivity (Wildman–Crippen MR) is 83.4 cm³/mol. The van der Waals surface area contributed by atoms with Gasteiger partial charge in [0.25, 0.3) is 0 Å². The summed E-state index contributed by atoms with van der Waals surface area (Å²) in [6.07, 6.45) is 3.34. The monoisotopic (exact) mass is 332 g/mol. The van der Waals surface area contributed by atoms with Crippen molar-refractivity contribution >= 4 is 33.7 Å². The van der Waals surface area contributed by atoms with Gasteiger partial charge in [-0.1, -0.05) is 40.2 Å². The Balaban J connectivity index is 1.91. The molecule has 0 spiro atoms. The van der Waals surface area contributed by atoms with E-state index in [-0.39, 0.29) is 11.8 Å². The summed E-state index contributed by atoms with van der Waals surface area (Å²) in [7, 11) is 0. The average Bonchev–Trinajstić information content (AvgIpc) is 2.41. The molecule has 5 heteroatoms. The minimum atomic E-state index is -0.376. The number of benzene rings is 2. The standard InChI is InChI=1S/C15H13BrN2O2/c16-14-7-2-1-4-11(14)8-9-17-15(20)18-12-5-3-6-13(19)10-12/h1-10,19H,(H2,17,18,20)/b9-8+. The maximum atomic E-state index is 11.6. The third kappa shape index (κ3) is 4.13. The number of hydrogen-bond acceptors (Lipinski definition) is 2. The SMILES string of the molecule is O=C(N/C=C/c1ccccc1Br)Nc1cccc(O)c1. The lowest BCUT2D eigenvalue weighted by Crippen LogP contribution is -2.23. The average molecular weight is 333 g/mol. The van der Waals surface area contributed by atoms with Crippen molar-refractivity contribution < 1.29 is 9.90 Å². The molecular formula is C15H13BrN2O2. The Kier molecular flexibility index (Phi) is 4.79. The maximum Gasteiger partial charge on any atom is 0.323 e. The summed E-state index contributed by atoms with van der Waals surface area (Å²) in [5.74, 6) is 0.103. The van der Waals surface area contributed by atoms with E-state index >= 15 is 0 Å². The Morgan fingerprint density at radius 3 is 2.70 bits per heavy atom. The van der Waals surface area contributed by atoms with Gasteiger partial charge >= 0.3 is 6.03 Å². The first-order chi connectivity index (χ1) is 9.65. The number of aromatic hydroxyl groups is 1. The minimum absolute atomic E-state index is 0.103. The summed E-state index contributed by atoms with van der Waals surface area (Å²) < 4.78 is 0.950. The molecule has 0 aromatic heterocycles. The zero-order valence-corrected chi connectivity index (χ0v) is 12.1. The van der Waals surface area contributed by atoms with Crippen molar-refractivity contribution in [2.24, 2.45) is 0 Å². The minimum Gasteiger partial charge on any atom is -0.508 e. The molecular weight excluding hydrogens is 320 g/mol. The van der Waals surface area contributed by atoms with E-state index in [0.29, 0.717) is 5.69 Å². The first-order valence-corrected chi connectivity index (χ1v) is 6.72. The summed E-state index contributed by atoms with van der Waals surface area (Å²) >= 11 is 3.42. The molecule has 102 valence electrons.